The maximum Gasteiger partial charge on any atom is 0.261 e. The van der Waals surface area contributed by atoms with E-state index in [9.17, 15) is 8.42 Å². The van der Waals surface area contributed by atoms with E-state index in [0.717, 1.165) is 10.0 Å². The highest BCUT2D eigenvalue weighted by Gasteiger charge is 2.14. The second-order valence-electron chi connectivity index (χ2n) is 4.03. The molecule has 0 aliphatic rings. The van der Waals surface area contributed by atoms with Crippen LogP contribution in [0.4, 0.5) is 5.69 Å². The first-order valence-electron chi connectivity index (χ1n) is 5.43. The van der Waals surface area contributed by atoms with Crippen molar-refractivity contribution in [3.8, 4) is 0 Å². The van der Waals surface area contributed by atoms with Crippen LogP contribution in [0.15, 0.2) is 51.8 Å². The smallest absolute Gasteiger partial charge is 0.261 e. The van der Waals surface area contributed by atoms with Crippen molar-refractivity contribution in [1.82, 2.24) is 0 Å². The van der Waals surface area contributed by atoms with Gasteiger partial charge in [0.2, 0.25) is 0 Å². The van der Waals surface area contributed by atoms with E-state index in [2.05, 4.69) is 20.7 Å². The van der Waals surface area contributed by atoms with Gasteiger partial charge in [0, 0.05) is 15.2 Å². The molecule has 6 heteroatoms. The number of anilines is 1. The van der Waals surface area contributed by atoms with Crippen LogP contribution in [-0.2, 0) is 10.0 Å². The Morgan fingerprint density at radius 1 is 1.16 bits per heavy atom. The lowest BCUT2D eigenvalue weighted by Gasteiger charge is -2.09. The molecular formula is C13H11BrClNO2S. The molecule has 100 valence electrons. The normalized spacial score (nSPS) is 11.3. The molecule has 0 heterocycles. The van der Waals surface area contributed by atoms with Crippen molar-refractivity contribution in [2.24, 2.45) is 0 Å². The molecule has 0 saturated heterocycles. The van der Waals surface area contributed by atoms with Crippen LogP contribution in [-0.4, -0.2) is 8.42 Å². The van der Waals surface area contributed by atoms with Crippen molar-refractivity contribution < 1.29 is 8.42 Å². The van der Waals surface area contributed by atoms with Crippen LogP contribution in [0.1, 0.15) is 5.56 Å². The van der Waals surface area contributed by atoms with Gasteiger partial charge in [-0.05, 0) is 42.8 Å². The number of hydrogen-bond donors (Lipinski definition) is 1. The molecule has 0 fully saturated rings. The van der Waals surface area contributed by atoms with Crippen LogP contribution in [0.3, 0.4) is 0 Å². The van der Waals surface area contributed by atoms with E-state index in [1.54, 1.807) is 24.3 Å². The van der Waals surface area contributed by atoms with Crippen LogP contribution < -0.4 is 4.72 Å². The Kier molecular flexibility index (Phi) is 4.18. The molecule has 0 spiro atoms. The number of halogens is 2. The predicted molar refractivity (Wildman–Crippen MR) is 81.1 cm³/mol. The van der Waals surface area contributed by atoms with Gasteiger partial charge in [0.05, 0.1) is 4.90 Å². The molecule has 19 heavy (non-hydrogen) atoms. The molecule has 0 bridgehead atoms. The van der Waals surface area contributed by atoms with Crippen molar-refractivity contribution >= 4 is 43.2 Å². The van der Waals surface area contributed by atoms with Crippen LogP contribution in [0.25, 0.3) is 0 Å². The fraction of sp³-hybridized carbons (Fsp3) is 0.0769. The molecule has 2 aromatic carbocycles. The highest BCUT2D eigenvalue weighted by atomic mass is 79.9. The van der Waals surface area contributed by atoms with E-state index in [1.165, 1.54) is 12.1 Å². The van der Waals surface area contributed by atoms with Crippen molar-refractivity contribution in [3.05, 3.63) is 57.5 Å². The highest BCUT2D eigenvalue weighted by molar-refractivity contribution is 9.10. The molecule has 0 radical (unpaired) electrons. The Labute approximate surface area is 125 Å². The molecule has 3 nitrogen and oxygen atoms in total. The molecule has 2 aromatic rings. The summed E-state index contributed by atoms with van der Waals surface area (Å²) in [6, 6.07) is 11.4. The summed E-state index contributed by atoms with van der Waals surface area (Å²) in [6.07, 6.45) is 0. The molecule has 0 amide bonds. The fourth-order valence-corrected chi connectivity index (χ4v) is 3.23. The summed E-state index contributed by atoms with van der Waals surface area (Å²) < 4.78 is 27.7. The number of benzene rings is 2. The third-order valence-electron chi connectivity index (χ3n) is 2.53. The Morgan fingerprint density at radius 2 is 1.89 bits per heavy atom. The van der Waals surface area contributed by atoms with E-state index in [1.807, 2.05) is 13.0 Å². The number of hydrogen-bond acceptors (Lipinski definition) is 2. The summed E-state index contributed by atoms with van der Waals surface area (Å²) in [5, 5.41) is 0.382. The second kappa shape index (κ2) is 5.53. The van der Waals surface area contributed by atoms with Gasteiger partial charge in [-0.25, -0.2) is 8.42 Å². The Morgan fingerprint density at radius 3 is 2.53 bits per heavy atom. The van der Waals surface area contributed by atoms with E-state index in [0.29, 0.717) is 10.7 Å². The number of aryl methyl sites for hydroxylation is 1. The zero-order chi connectivity index (χ0) is 14.0. The maximum atomic E-state index is 12.2. The van der Waals surface area contributed by atoms with E-state index in [-0.39, 0.29) is 4.90 Å². The van der Waals surface area contributed by atoms with Crippen LogP contribution in [0, 0.1) is 6.92 Å². The van der Waals surface area contributed by atoms with Gasteiger partial charge >= 0.3 is 0 Å². The van der Waals surface area contributed by atoms with Crippen molar-refractivity contribution in [3.63, 3.8) is 0 Å². The lowest BCUT2D eigenvalue weighted by Crippen LogP contribution is -2.12. The third-order valence-corrected chi connectivity index (χ3v) is 5.00. The summed E-state index contributed by atoms with van der Waals surface area (Å²) in [4.78, 5) is 0.136. The largest absolute Gasteiger partial charge is 0.280 e. The number of nitrogens with one attached hydrogen (secondary N) is 1. The van der Waals surface area contributed by atoms with Gasteiger partial charge in [-0.15, -0.1) is 0 Å². The lowest BCUT2D eigenvalue weighted by molar-refractivity contribution is 0.601. The topological polar surface area (TPSA) is 46.2 Å². The van der Waals surface area contributed by atoms with Gasteiger partial charge in [0.1, 0.15) is 0 Å². The minimum Gasteiger partial charge on any atom is -0.280 e. The Hall–Kier alpha value is -1.04. The summed E-state index contributed by atoms with van der Waals surface area (Å²) in [5.41, 5.74) is 1.53. The summed E-state index contributed by atoms with van der Waals surface area (Å²) in [6.45, 7) is 1.93. The molecule has 2 rings (SSSR count). The van der Waals surface area contributed by atoms with E-state index >= 15 is 0 Å². The van der Waals surface area contributed by atoms with Gasteiger partial charge in [0.15, 0.2) is 0 Å². The first-order chi connectivity index (χ1) is 8.88. The maximum absolute atomic E-state index is 12.2. The standard InChI is InChI=1S/C13H11BrClNO2S/c1-9-5-6-11(8-13(9)14)16-19(17,18)12-4-2-3-10(15)7-12/h2-8,16H,1H3. The number of sulfonamides is 1. The van der Waals surface area contributed by atoms with Gasteiger partial charge in [-0.2, -0.15) is 0 Å². The van der Waals surface area contributed by atoms with Crippen molar-refractivity contribution in [2.75, 3.05) is 4.72 Å². The molecule has 1 N–H and O–H groups in total. The highest BCUT2D eigenvalue weighted by Crippen LogP contribution is 2.23. The average molecular weight is 361 g/mol. The lowest BCUT2D eigenvalue weighted by atomic mass is 10.2. The summed E-state index contributed by atoms with van der Waals surface area (Å²) >= 11 is 9.17. The first-order valence-corrected chi connectivity index (χ1v) is 8.08. The first kappa shape index (κ1) is 14.4. The predicted octanol–water partition coefficient (Wildman–Crippen LogP) is 4.21. The molecular weight excluding hydrogens is 350 g/mol. The van der Waals surface area contributed by atoms with Crippen LogP contribution >= 0.6 is 27.5 Å². The summed E-state index contributed by atoms with van der Waals surface area (Å²) in [5.74, 6) is 0. The molecule has 0 aliphatic carbocycles. The molecule has 0 aliphatic heterocycles. The van der Waals surface area contributed by atoms with Gasteiger partial charge < -0.3 is 0 Å². The minimum absolute atomic E-state index is 0.136. The molecule has 0 aromatic heterocycles. The quantitative estimate of drug-likeness (QED) is 0.891. The van der Waals surface area contributed by atoms with Crippen molar-refractivity contribution in [2.45, 2.75) is 11.8 Å². The summed E-state index contributed by atoms with van der Waals surface area (Å²) in [7, 11) is -3.62. The number of rotatable bonds is 3. The van der Waals surface area contributed by atoms with Crippen LogP contribution in [0.2, 0.25) is 5.02 Å². The second-order valence-corrected chi connectivity index (χ2v) is 7.00. The average Bonchev–Trinajstić information content (AvgIpc) is 2.33. The molecule has 0 saturated carbocycles. The third kappa shape index (κ3) is 3.49. The molecule has 0 atom stereocenters. The Balaban J connectivity index is 2.33. The fourth-order valence-electron chi connectivity index (χ4n) is 1.50. The van der Waals surface area contributed by atoms with E-state index < -0.39 is 10.0 Å². The van der Waals surface area contributed by atoms with Crippen LogP contribution in [0.5, 0.6) is 0 Å². The zero-order valence-corrected chi connectivity index (χ0v) is 13.2. The van der Waals surface area contributed by atoms with Crippen molar-refractivity contribution in [1.29, 1.82) is 0 Å². The van der Waals surface area contributed by atoms with Gasteiger partial charge in [-0.1, -0.05) is 39.7 Å². The molecule has 0 unspecified atom stereocenters. The van der Waals surface area contributed by atoms with E-state index in [4.69, 9.17) is 11.6 Å². The van der Waals surface area contributed by atoms with Gasteiger partial charge in [-0.3, -0.25) is 4.72 Å². The van der Waals surface area contributed by atoms with Gasteiger partial charge in [0.25, 0.3) is 10.0 Å². The monoisotopic (exact) mass is 359 g/mol. The minimum atomic E-state index is -3.62. The Bertz CT molecular complexity index is 716. The SMILES string of the molecule is Cc1ccc(NS(=O)(=O)c2cccc(Cl)c2)cc1Br. The zero-order valence-electron chi connectivity index (χ0n) is 10.0.